The van der Waals surface area contributed by atoms with Crippen LogP contribution >= 0.6 is 0 Å². The second kappa shape index (κ2) is 8.32. The Morgan fingerprint density at radius 3 is 2.29 bits per heavy atom. The number of carboxylic acid groups (broad SMARTS) is 1. The minimum absolute atomic E-state index is 0.0620. The normalized spacial score (nSPS) is 10.9. The molecular weight excluding hydrogens is 442 g/mol. The first kappa shape index (κ1) is 22.5. The maximum absolute atomic E-state index is 13.1. The van der Waals surface area contributed by atoms with Gasteiger partial charge in [-0.15, -0.1) is 0 Å². The van der Waals surface area contributed by atoms with Gasteiger partial charge < -0.3 is 14.6 Å². The summed E-state index contributed by atoms with van der Waals surface area (Å²) in [4.78, 5) is 35.2. The summed E-state index contributed by atoms with van der Waals surface area (Å²) in [6.45, 7) is 5.12. The molecule has 4 rings (SSSR count). The van der Waals surface area contributed by atoms with Crippen molar-refractivity contribution in [2.45, 2.75) is 20.8 Å². The summed E-state index contributed by atoms with van der Waals surface area (Å²) < 4.78 is 6.79. The molecule has 0 saturated carbocycles. The number of carboxylic acids is 1. The highest BCUT2D eigenvalue weighted by atomic mass is 16.6. The quantitative estimate of drug-likeness (QED) is 0.240. The monoisotopic (exact) mass is 461 g/mol. The van der Waals surface area contributed by atoms with E-state index in [9.17, 15) is 24.8 Å². The zero-order valence-corrected chi connectivity index (χ0v) is 18.4. The van der Waals surface area contributed by atoms with Crippen LogP contribution in [0, 0.1) is 30.9 Å². The minimum Gasteiger partial charge on any atom is -0.493 e. The summed E-state index contributed by atoms with van der Waals surface area (Å²) >= 11 is 0. The number of hydrogen-bond donors (Lipinski definition) is 2. The summed E-state index contributed by atoms with van der Waals surface area (Å²) in [6, 6.07) is 11.5. The molecule has 0 saturated heterocycles. The molecule has 4 aromatic rings. The SMILES string of the molecule is Cc1cc(-c2ccc(C(=O)c3c(C)nn(-c4ccc(C(=O)O)cc4)c3O)o2)c([N+](=O)[O-])cc1C. The van der Waals surface area contributed by atoms with E-state index < -0.39 is 22.6 Å². The topological polar surface area (TPSA) is 149 Å². The molecule has 0 amide bonds. The molecule has 0 bridgehead atoms. The molecule has 0 radical (unpaired) electrons. The van der Waals surface area contributed by atoms with Gasteiger partial charge in [-0.05, 0) is 74.4 Å². The number of benzene rings is 2. The van der Waals surface area contributed by atoms with Crippen LogP contribution < -0.4 is 0 Å². The van der Waals surface area contributed by atoms with Gasteiger partial charge in [0.15, 0.2) is 5.76 Å². The van der Waals surface area contributed by atoms with Gasteiger partial charge in [0.05, 0.1) is 27.4 Å². The molecule has 2 N–H and O–H groups in total. The number of aryl methyl sites for hydroxylation is 3. The summed E-state index contributed by atoms with van der Waals surface area (Å²) in [5.41, 5.74) is 2.21. The summed E-state index contributed by atoms with van der Waals surface area (Å²) in [5.74, 6) is -2.17. The Balaban J connectivity index is 1.72. The molecule has 10 heteroatoms. The van der Waals surface area contributed by atoms with Crippen LogP contribution in [-0.4, -0.2) is 36.7 Å². The highest BCUT2D eigenvalue weighted by Gasteiger charge is 2.27. The number of carbonyl (C=O) groups excluding carboxylic acids is 1. The number of nitro benzene ring substituents is 1. The number of aromatic hydroxyl groups is 1. The van der Waals surface area contributed by atoms with Gasteiger partial charge in [0.25, 0.3) is 5.69 Å². The molecule has 0 atom stereocenters. The predicted molar refractivity (Wildman–Crippen MR) is 121 cm³/mol. The summed E-state index contributed by atoms with van der Waals surface area (Å²) in [6.07, 6.45) is 0. The summed E-state index contributed by atoms with van der Waals surface area (Å²) in [5, 5.41) is 35.5. The lowest BCUT2D eigenvalue weighted by Gasteiger charge is -2.05. The van der Waals surface area contributed by atoms with Gasteiger partial charge in [-0.3, -0.25) is 14.9 Å². The first-order valence-corrected chi connectivity index (χ1v) is 10.1. The second-order valence-electron chi connectivity index (χ2n) is 7.75. The van der Waals surface area contributed by atoms with Crippen molar-refractivity contribution in [2.24, 2.45) is 0 Å². The van der Waals surface area contributed by atoms with E-state index in [0.717, 1.165) is 15.8 Å². The molecule has 10 nitrogen and oxygen atoms in total. The fourth-order valence-electron chi connectivity index (χ4n) is 3.58. The molecule has 2 heterocycles. The number of aromatic nitrogens is 2. The second-order valence-corrected chi connectivity index (χ2v) is 7.75. The highest BCUT2D eigenvalue weighted by Crippen LogP contribution is 2.35. The fraction of sp³-hybridized carbons (Fsp3) is 0.125. The van der Waals surface area contributed by atoms with Gasteiger partial charge in [-0.1, -0.05) is 0 Å². The zero-order chi connectivity index (χ0) is 24.7. The number of nitro groups is 1. The molecule has 0 unspecified atom stereocenters. The number of hydrogen-bond acceptors (Lipinski definition) is 7. The van der Waals surface area contributed by atoms with Crippen molar-refractivity contribution in [3.05, 3.63) is 92.4 Å². The van der Waals surface area contributed by atoms with Crippen molar-refractivity contribution in [3.63, 3.8) is 0 Å². The Morgan fingerprint density at radius 2 is 1.68 bits per heavy atom. The van der Waals surface area contributed by atoms with Crippen LogP contribution in [0.1, 0.15) is 43.3 Å². The highest BCUT2D eigenvalue weighted by molar-refractivity contribution is 6.09. The van der Waals surface area contributed by atoms with E-state index in [2.05, 4.69) is 5.10 Å². The van der Waals surface area contributed by atoms with Gasteiger partial charge >= 0.3 is 5.97 Å². The number of furan rings is 1. The van der Waals surface area contributed by atoms with Crippen molar-refractivity contribution < 1.29 is 29.1 Å². The minimum atomic E-state index is -1.10. The molecule has 0 aliphatic carbocycles. The average molecular weight is 461 g/mol. The molecule has 172 valence electrons. The fourth-order valence-corrected chi connectivity index (χ4v) is 3.58. The van der Waals surface area contributed by atoms with Crippen molar-refractivity contribution in [1.29, 1.82) is 0 Å². The molecule has 2 aromatic heterocycles. The third-order valence-corrected chi connectivity index (χ3v) is 5.53. The van der Waals surface area contributed by atoms with Gasteiger partial charge in [-0.25, -0.2) is 9.48 Å². The van der Waals surface area contributed by atoms with Gasteiger partial charge in [0.1, 0.15) is 11.3 Å². The van der Waals surface area contributed by atoms with Gasteiger partial charge in [0, 0.05) is 6.07 Å². The van der Waals surface area contributed by atoms with E-state index in [1.807, 2.05) is 6.92 Å². The number of aromatic carboxylic acids is 1. The number of nitrogens with zero attached hydrogens (tertiary/aromatic N) is 3. The lowest BCUT2D eigenvalue weighted by molar-refractivity contribution is -0.384. The van der Waals surface area contributed by atoms with Crippen LogP contribution in [0.15, 0.2) is 52.9 Å². The molecule has 0 aliphatic rings. The smallest absolute Gasteiger partial charge is 0.335 e. The van der Waals surface area contributed by atoms with Crippen molar-refractivity contribution >= 4 is 17.4 Å². The first-order valence-electron chi connectivity index (χ1n) is 10.1. The third kappa shape index (κ3) is 3.81. The van der Waals surface area contributed by atoms with Crippen LogP contribution in [0.3, 0.4) is 0 Å². The largest absolute Gasteiger partial charge is 0.493 e. The van der Waals surface area contributed by atoms with E-state index in [4.69, 9.17) is 9.52 Å². The van der Waals surface area contributed by atoms with Crippen LogP contribution in [0.4, 0.5) is 5.69 Å². The number of rotatable bonds is 6. The van der Waals surface area contributed by atoms with Crippen molar-refractivity contribution in [2.75, 3.05) is 0 Å². The lowest BCUT2D eigenvalue weighted by Crippen LogP contribution is -2.02. The Kier molecular flexibility index (Phi) is 5.50. The molecule has 0 fully saturated rings. The predicted octanol–water partition coefficient (Wildman–Crippen LogP) is 4.60. The van der Waals surface area contributed by atoms with E-state index in [-0.39, 0.29) is 39.6 Å². The van der Waals surface area contributed by atoms with Gasteiger partial charge in [-0.2, -0.15) is 5.10 Å². The Morgan fingerprint density at radius 1 is 1.03 bits per heavy atom. The maximum atomic E-state index is 13.1. The van der Waals surface area contributed by atoms with E-state index in [0.29, 0.717) is 5.69 Å². The van der Waals surface area contributed by atoms with Crippen molar-refractivity contribution in [3.8, 4) is 22.9 Å². The first-order chi connectivity index (χ1) is 16.1. The van der Waals surface area contributed by atoms with Gasteiger partial charge in [0.2, 0.25) is 11.7 Å². The zero-order valence-electron chi connectivity index (χ0n) is 18.4. The molecule has 2 aromatic carbocycles. The molecule has 0 aliphatic heterocycles. The standard InChI is InChI=1S/C24H19N3O7/c1-12-10-17(18(27(32)33)11-13(12)2)19-8-9-20(34-19)22(28)21-14(3)25-26(23(21)29)16-6-4-15(5-7-16)24(30)31/h4-11,29H,1-3H3,(H,30,31). The molecule has 0 spiro atoms. The van der Waals surface area contributed by atoms with E-state index in [1.165, 1.54) is 49.4 Å². The van der Waals surface area contributed by atoms with Crippen LogP contribution in [-0.2, 0) is 0 Å². The maximum Gasteiger partial charge on any atom is 0.335 e. The molecule has 34 heavy (non-hydrogen) atoms. The van der Waals surface area contributed by atoms with Crippen LogP contribution in [0.2, 0.25) is 0 Å². The van der Waals surface area contributed by atoms with E-state index in [1.54, 1.807) is 13.0 Å². The molecular formula is C24H19N3O7. The number of ketones is 1. The van der Waals surface area contributed by atoms with E-state index >= 15 is 0 Å². The Hall–Kier alpha value is -4.73. The number of carbonyl (C=O) groups is 2. The summed E-state index contributed by atoms with van der Waals surface area (Å²) in [7, 11) is 0. The van der Waals surface area contributed by atoms with Crippen LogP contribution in [0.25, 0.3) is 17.0 Å². The lowest BCUT2D eigenvalue weighted by atomic mass is 10.0. The Bertz CT molecular complexity index is 1460. The van der Waals surface area contributed by atoms with Crippen LogP contribution in [0.5, 0.6) is 5.88 Å². The average Bonchev–Trinajstić information content (AvgIpc) is 3.39. The van der Waals surface area contributed by atoms with Crippen molar-refractivity contribution in [1.82, 2.24) is 9.78 Å². The Labute approximate surface area is 192 Å². The third-order valence-electron chi connectivity index (χ3n) is 5.53.